The minimum atomic E-state index is -1.21. The molecule has 0 bridgehead atoms. The van der Waals surface area contributed by atoms with Gasteiger partial charge in [-0.2, -0.15) is 0 Å². The SMILES string of the molecule is COC[C@@H]1NC(=O)[C@H](C)N(Cc2ccc(Cl)cc2Oc2ccc(-c3cnc(CN4CCCC4)n3C)cc2)C(=O)C[C@@H](Cc2ccccc2)C(=O)N(C)[C@@H]2CCOC[C@H]2NC(=O)C[C@H](Cc2ccc(Cl)cc2)N(C)C1=O. The number of likely N-dealkylation sites (tertiary alicyclic amines) is 1. The quantitative estimate of drug-likeness (QED) is 0.124. The number of ether oxygens (including phenoxy) is 3. The number of rotatable bonds is 13. The number of halogens is 2. The third-order valence-corrected chi connectivity index (χ3v) is 15.3. The Morgan fingerprint density at radius 3 is 2.20 bits per heavy atom. The molecular formula is C57H68Cl2N8O8. The molecule has 4 heterocycles. The van der Waals surface area contributed by atoms with E-state index in [1.807, 2.05) is 80.0 Å². The van der Waals surface area contributed by atoms with Crippen LogP contribution >= 0.6 is 23.2 Å². The molecule has 1 aromatic heterocycles. The van der Waals surface area contributed by atoms with Crippen LogP contribution in [0.1, 0.15) is 61.5 Å². The van der Waals surface area contributed by atoms with Gasteiger partial charge in [-0.15, -0.1) is 0 Å². The number of hydrogen-bond acceptors (Lipinski definition) is 10. The molecule has 3 fully saturated rings. The predicted octanol–water partition coefficient (Wildman–Crippen LogP) is 7.08. The van der Waals surface area contributed by atoms with Crippen molar-refractivity contribution < 1.29 is 38.2 Å². The summed E-state index contributed by atoms with van der Waals surface area (Å²) in [4.78, 5) is 85.4. The van der Waals surface area contributed by atoms with Gasteiger partial charge < -0.3 is 44.1 Å². The van der Waals surface area contributed by atoms with Crippen LogP contribution in [0.15, 0.2) is 103 Å². The summed E-state index contributed by atoms with van der Waals surface area (Å²) in [5.74, 6) is -1.29. The predicted molar refractivity (Wildman–Crippen MR) is 287 cm³/mol. The van der Waals surface area contributed by atoms with Crippen molar-refractivity contribution in [3.63, 3.8) is 0 Å². The summed E-state index contributed by atoms with van der Waals surface area (Å²) in [6.45, 7) is 4.71. The molecule has 3 aliphatic rings. The van der Waals surface area contributed by atoms with Crippen LogP contribution in [-0.2, 0) is 66.4 Å². The number of amides is 5. The van der Waals surface area contributed by atoms with E-state index >= 15 is 9.59 Å². The van der Waals surface area contributed by atoms with Crippen LogP contribution in [0.4, 0.5) is 0 Å². The van der Waals surface area contributed by atoms with Gasteiger partial charge >= 0.3 is 0 Å². The van der Waals surface area contributed by atoms with E-state index in [0.29, 0.717) is 40.1 Å². The van der Waals surface area contributed by atoms with Gasteiger partial charge in [-0.25, -0.2) is 4.98 Å². The minimum absolute atomic E-state index is 0.103. The first-order valence-electron chi connectivity index (χ1n) is 25.7. The summed E-state index contributed by atoms with van der Waals surface area (Å²) in [5, 5.41) is 6.94. The highest BCUT2D eigenvalue weighted by molar-refractivity contribution is 6.31. The molecular weight excluding hydrogens is 996 g/mol. The molecule has 16 nitrogen and oxygen atoms in total. The highest BCUT2D eigenvalue weighted by Crippen LogP contribution is 2.33. The van der Waals surface area contributed by atoms with E-state index in [9.17, 15) is 14.4 Å². The van der Waals surface area contributed by atoms with Crippen LogP contribution in [-0.4, -0.2) is 143 Å². The zero-order chi connectivity index (χ0) is 53.2. The monoisotopic (exact) mass is 1060 g/mol. The topological polar surface area (TPSA) is 168 Å². The van der Waals surface area contributed by atoms with E-state index in [1.54, 1.807) is 56.3 Å². The van der Waals surface area contributed by atoms with Crippen LogP contribution in [0, 0.1) is 5.92 Å². The Bertz CT molecular complexity index is 2770. The zero-order valence-electron chi connectivity index (χ0n) is 43.4. The summed E-state index contributed by atoms with van der Waals surface area (Å²) in [6, 6.07) is 25.2. The van der Waals surface area contributed by atoms with Crippen molar-refractivity contribution in [1.82, 2.24) is 39.8 Å². The number of likely N-dealkylation sites (N-methyl/N-ethyl adjacent to an activating group) is 2. The fourth-order valence-electron chi connectivity index (χ4n) is 10.4. The van der Waals surface area contributed by atoms with Crippen LogP contribution in [0.3, 0.4) is 0 Å². The van der Waals surface area contributed by atoms with Crippen LogP contribution in [0.2, 0.25) is 10.0 Å². The maximum absolute atomic E-state index is 15.3. The van der Waals surface area contributed by atoms with Crippen molar-refractivity contribution in [2.24, 2.45) is 13.0 Å². The maximum Gasteiger partial charge on any atom is 0.247 e. The molecule has 8 rings (SSSR count). The number of nitrogens with one attached hydrogen (secondary N) is 2. The van der Waals surface area contributed by atoms with E-state index in [4.69, 9.17) is 42.4 Å². The fourth-order valence-corrected chi connectivity index (χ4v) is 10.7. The van der Waals surface area contributed by atoms with Gasteiger partial charge in [0.2, 0.25) is 29.5 Å². The van der Waals surface area contributed by atoms with E-state index in [2.05, 4.69) is 20.1 Å². The number of aromatic nitrogens is 2. The van der Waals surface area contributed by atoms with Gasteiger partial charge in [-0.1, -0.05) is 71.7 Å². The van der Waals surface area contributed by atoms with Crippen LogP contribution in [0.5, 0.6) is 11.5 Å². The number of methoxy groups -OCH3 is 1. The van der Waals surface area contributed by atoms with Crippen LogP contribution in [0.25, 0.3) is 11.3 Å². The smallest absolute Gasteiger partial charge is 0.247 e. The number of benzene rings is 4. The van der Waals surface area contributed by atoms with Crippen molar-refractivity contribution in [3.8, 4) is 22.8 Å². The Labute approximate surface area is 449 Å². The first-order chi connectivity index (χ1) is 36.1. The third-order valence-electron chi connectivity index (χ3n) is 14.8. The Balaban J connectivity index is 1.13. The Kier molecular flexibility index (Phi) is 18.7. The number of imidazole rings is 1. The second kappa shape index (κ2) is 25.5. The average Bonchev–Trinajstić information content (AvgIpc) is 4.07. The summed E-state index contributed by atoms with van der Waals surface area (Å²) in [6.07, 6.45) is 4.85. The van der Waals surface area contributed by atoms with Gasteiger partial charge in [0.1, 0.15) is 29.4 Å². The molecule has 3 aliphatic heterocycles. The van der Waals surface area contributed by atoms with Gasteiger partial charge in [-0.05, 0) is 112 Å². The van der Waals surface area contributed by atoms with Crippen molar-refractivity contribution in [2.45, 2.75) is 95.2 Å². The summed E-state index contributed by atoms with van der Waals surface area (Å²) in [5.41, 5.74) is 4.14. The zero-order valence-corrected chi connectivity index (χ0v) is 44.9. The molecule has 2 N–H and O–H groups in total. The van der Waals surface area contributed by atoms with E-state index in [1.165, 1.54) is 29.8 Å². The second-order valence-corrected chi connectivity index (χ2v) is 20.8. The molecule has 0 spiro atoms. The Morgan fingerprint density at radius 2 is 1.48 bits per heavy atom. The summed E-state index contributed by atoms with van der Waals surface area (Å²) in [7, 11) is 6.74. The molecule has 0 radical (unpaired) electrons. The van der Waals surface area contributed by atoms with E-state index in [0.717, 1.165) is 47.8 Å². The molecule has 4 aromatic carbocycles. The van der Waals surface area contributed by atoms with E-state index < -0.39 is 53.8 Å². The Hall–Kier alpha value is -6.30. The van der Waals surface area contributed by atoms with Gasteiger partial charge in [0.25, 0.3) is 0 Å². The van der Waals surface area contributed by atoms with Crippen molar-refractivity contribution in [2.75, 3.05) is 54.1 Å². The lowest BCUT2D eigenvalue weighted by Crippen LogP contribution is -2.60. The number of hydrogen-bond donors (Lipinski definition) is 2. The fraction of sp³-hybridized carbons (Fsp3) is 0.439. The molecule has 6 atom stereocenters. The number of carbonyl (C=O) groups is 5. The Morgan fingerprint density at radius 1 is 0.773 bits per heavy atom. The molecule has 5 aromatic rings. The van der Waals surface area contributed by atoms with Gasteiger partial charge in [0, 0.05) is 74.9 Å². The van der Waals surface area contributed by atoms with Crippen molar-refractivity contribution >= 4 is 52.7 Å². The molecule has 5 amide bonds. The standard InChI is InChI=1S/C57H68Cl2N8O8/c1-37-55(70)62-48(35-73-5)57(72)63(2)45(28-39-13-18-43(58)19-14-39)31-53(68)61-47-36-74-26-23-49(47)65(4)56(71)42(27-38-11-7-6-8-12-38)29-54(69)67(37)33-41-15-20-44(59)30-51(41)75-46-21-16-40(17-22-46)50-32-60-52(64(50)3)34-66-24-9-10-25-66/h6-8,11-22,30,32,37,42,45,47-49H,9-10,23-29,31,33-36H2,1-5H3,(H,61,68)(H,62,70)/t37-,42+,45-,47+,48-,49+/m0/s1. The lowest BCUT2D eigenvalue weighted by atomic mass is 9.91. The normalized spacial score (nSPS) is 22.9. The first-order valence-corrected chi connectivity index (χ1v) is 26.5. The molecule has 0 saturated carbocycles. The lowest BCUT2D eigenvalue weighted by Gasteiger charge is -2.40. The molecule has 75 heavy (non-hydrogen) atoms. The highest BCUT2D eigenvalue weighted by Gasteiger charge is 2.39. The minimum Gasteiger partial charge on any atom is -0.457 e. The van der Waals surface area contributed by atoms with Gasteiger partial charge in [0.05, 0.1) is 56.2 Å². The van der Waals surface area contributed by atoms with Gasteiger partial charge in [-0.3, -0.25) is 28.9 Å². The number of nitrogens with zero attached hydrogens (tertiary/aromatic N) is 6. The summed E-state index contributed by atoms with van der Waals surface area (Å²) < 4.78 is 20.1. The van der Waals surface area contributed by atoms with Crippen molar-refractivity contribution in [1.29, 1.82) is 0 Å². The molecule has 398 valence electrons. The maximum atomic E-state index is 15.3. The van der Waals surface area contributed by atoms with E-state index in [-0.39, 0.29) is 57.3 Å². The lowest BCUT2D eigenvalue weighted by molar-refractivity contribution is -0.148. The molecule has 0 unspecified atom stereocenters. The molecule has 3 saturated heterocycles. The second-order valence-electron chi connectivity index (χ2n) is 20.0. The number of carbonyl (C=O) groups excluding carboxylic acids is 5. The third kappa shape index (κ3) is 14.0. The largest absolute Gasteiger partial charge is 0.457 e. The van der Waals surface area contributed by atoms with Crippen LogP contribution < -0.4 is 15.4 Å². The molecule has 18 heteroatoms. The average molecular weight is 1060 g/mol. The molecule has 0 aliphatic carbocycles. The first kappa shape index (κ1) is 54.9. The highest BCUT2D eigenvalue weighted by atomic mass is 35.5. The van der Waals surface area contributed by atoms with Crippen molar-refractivity contribution in [3.05, 3.63) is 136 Å². The summed E-state index contributed by atoms with van der Waals surface area (Å²) >= 11 is 12.9. The van der Waals surface area contributed by atoms with Gasteiger partial charge in [0.15, 0.2) is 0 Å². The number of fused-ring (bicyclic) bond motifs is 1.